The van der Waals surface area contributed by atoms with Gasteiger partial charge in [0.2, 0.25) is 11.8 Å². The van der Waals surface area contributed by atoms with Crippen LogP contribution in [0.25, 0.3) is 6.08 Å². The summed E-state index contributed by atoms with van der Waals surface area (Å²) in [5.74, 6) is 0.579. The fourth-order valence-corrected chi connectivity index (χ4v) is 2.43. The standard InChI is InChI=1S/C21H24N2O4/c1-3-26-18-10-8-15(13-19(18)27-4-2)9-11-20(24)23-14-16-6-5-7-17(12-16)21(22)25/h5-13H,3-4,14H2,1-2H3,(H2,22,25)(H,23,24)/b11-9+. The summed E-state index contributed by atoms with van der Waals surface area (Å²) in [6.45, 7) is 5.19. The molecule has 0 aliphatic heterocycles. The van der Waals surface area contributed by atoms with Crippen LogP contribution in [0.5, 0.6) is 11.5 Å². The van der Waals surface area contributed by atoms with Crippen LogP contribution in [-0.4, -0.2) is 25.0 Å². The van der Waals surface area contributed by atoms with Crippen molar-refractivity contribution in [3.63, 3.8) is 0 Å². The summed E-state index contributed by atoms with van der Waals surface area (Å²) in [7, 11) is 0. The lowest BCUT2D eigenvalue weighted by Crippen LogP contribution is -2.20. The fourth-order valence-electron chi connectivity index (χ4n) is 2.43. The molecule has 142 valence electrons. The van der Waals surface area contributed by atoms with Crippen molar-refractivity contribution >= 4 is 17.9 Å². The maximum atomic E-state index is 12.0. The average molecular weight is 368 g/mol. The molecule has 2 aromatic carbocycles. The molecule has 0 radical (unpaired) electrons. The van der Waals surface area contributed by atoms with E-state index in [1.54, 1.807) is 24.3 Å². The first-order valence-corrected chi connectivity index (χ1v) is 8.77. The molecule has 2 rings (SSSR count). The van der Waals surface area contributed by atoms with Gasteiger partial charge in [0.05, 0.1) is 13.2 Å². The first-order valence-electron chi connectivity index (χ1n) is 8.77. The lowest BCUT2D eigenvalue weighted by Gasteiger charge is -2.11. The van der Waals surface area contributed by atoms with E-state index in [-0.39, 0.29) is 5.91 Å². The van der Waals surface area contributed by atoms with Crippen LogP contribution < -0.4 is 20.5 Å². The Kier molecular flexibility index (Phi) is 7.43. The summed E-state index contributed by atoms with van der Waals surface area (Å²) in [4.78, 5) is 23.2. The Labute approximate surface area is 159 Å². The molecule has 2 amide bonds. The molecule has 0 aliphatic carbocycles. The van der Waals surface area contributed by atoms with Crippen LogP contribution >= 0.6 is 0 Å². The Morgan fingerprint density at radius 3 is 2.48 bits per heavy atom. The van der Waals surface area contributed by atoms with E-state index in [4.69, 9.17) is 15.2 Å². The van der Waals surface area contributed by atoms with Gasteiger partial charge in [-0.2, -0.15) is 0 Å². The van der Waals surface area contributed by atoms with Gasteiger partial charge in [0.15, 0.2) is 11.5 Å². The van der Waals surface area contributed by atoms with Gasteiger partial charge >= 0.3 is 0 Å². The van der Waals surface area contributed by atoms with Crippen LogP contribution in [0.3, 0.4) is 0 Å². The molecule has 0 atom stereocenters. The zero-order valence-corrected chi connectivity index (χ0v) is 15.5. The molecule has 27 heavy (non-hydrogen) atoms. The highest BCUT2D eigenvalue weighted by atomic mass is 16.5. The van der Waals surface area contributed by atoms with Gasteiger partial charge in [-0.1, -0.05) is 18.2 Å². The number of amides is 2. The van der Waals surface area contributed by atoms with Crippen LogP contribution in [0.1, 0.15) is 35.3 Å². The topological polar surface area (TPSA) is 90.6 Å². The summed E-state index contributed by atoms with van der Waals surface area (Å²) in [5, 5.41) is 2.77. The molecule has 0 spiro atoms. The Morgan fingerprint density at radius 1 is 1.04 bits per heavy atom. The van der Waals surface area contributed by atoms with Crippen molar-refractivity contribution in [3.8, 4) is 11.5 Å². The number of ether oxygens (including phenoxy) is 2. The average Bonchev–Trinajstić information content (AvgIpc) is 2.67. The van der Waals surface area contributed by atoms with Crippen LogP contribution in [0, 0.1) is 0 Å². The molecule has 6 heteroatoms. The van der Waals surface area contributed by atoms with Gasteiger partial charge in [-0.3, -0.25) is 9.59 Å². The number of carbonyl (C=O) groups is 2. The van der Waals surface area contributed by atoms with Crippen molar-refractivity contribution in [1.29, 1.82) is 0 Å². The van der Waals surface area contributed by atoms with Crippen LogP contribution in [-0.2, 0) is 11.3 Å². The van der Waals surface area contributed by atoms with Gasteiger partial charge in [-0.05, 0) is 55.3 Å². The Bertz CT molecular complexity index is 831. The number of carbonyl (C=O) groups excluding carboxylic acids is 2. The first kappa shape index (κ1) is 20.0. The maximum absolute atomic E-state index is 12.0. The Hall–Kier alpha value is -3.28. The normalized spacial score (nSPS) is 10.6. The van der Waals surface area contributed by atoms with Crippen molar-refractivity contribution in [3.05, 3.63) is 65.2 Å². The predicted molar refractivity (Wildman–Crippen MR) is 105 cm³/mol. The molecule has 0 unspecified atom stereocenters. The van der Waals surface area contributed by atoms with E-state index in [0.29, 0.717) is 36.8 Å². The van der Waals surface area contributed by atoms with Crippen molar-refractivity contribution < 1.29 is 19.1 Å². The van der Waals surface area contributed by atoms with E-state index < -0.39 is 5.91 Å². The van der Waals surface area contributed by atoms with Crippen molar-refractivity contribution in [2.24, 2.45) is 5.73 Å². The van der Waals surface area contributed by atoms with Gasteiger partial charge in [0.1, 0.15) is 0 Å². The third kappa shape index (κ3) is 6.18. The molecule has 3 N–H and O–H groups in total. The third-order valence-electron chi connectivity index (χ3n) is 3.67. The second-order valence-electron chi connectivity index (χ2n) is 5.69. The number of rotatable bonds is 9. The molecule has 2 aromatic rings. The van der Waals surface area contributed by atoms with Crippen molar-refractivity contribution in [2.75, 3.05) is 13.2 Å². The van der Waals surface area contributed by atoms with Crippen molar-refractivity contribution in [2.45, 2.75) is 20.4 Å². The molecule has 0 heterocycles. The van der Waals surface area contributed by atoms with Crippen molar-refractivity contribution in [1.82, 2.24) is 5.32 Å². The molecule has 0 bridgehead atoms. The Morgan fingerprint density at radius 2 is 1.78 bits per heavy atom. The third-order valence-corrected chi connectivity index (χ3v) is 3.67. The SMILES string of the molecule is CCOc1ccc(/C=C/C(=O)NCc2cccc(C(N)=O)c2)cc1OCC. The number of benzene rings is 2. The van der Waals surface area contributed by atoms with Gasteiger partial charge < -0.3 is 20.5 Å². The lowest BCUT2D eigenvalue weighted by atomic mass is 10.1. The van der Waals surface area contributed by atoms with Gasteiger partial charge in [-0.15, -0.1) is 0 Å². The van der Waals surface area contributed by atoms with E-state index in [9.17, 15) is 9.59 Å². The summed E-state index contributed by atoms with van der Waals surface area (Å²) in [6.07, 6.45) is 3.15. The molecule has 0 aromatic heterocycles. The predicted octanol–water partition coefficient (Wildman–Crippen LogP) is 2.91. The summed E-state index contributed by atoms with van der Waals surface area (Å²) >= 11 is 0. The molecule has 0 aliphatic rings. The number of hydrogen-bond donors (Lipinski definition) is 2. The minimum Gasteiger partial charge on any atom is -0.490 e. The summed E-state index contributed by atoms with van der Waals surface area (Å²) < 4.78 is 11.1. The van der Waals surface area contributed by atoms with E-state index in [0.717, 1.165) is 11.1 Å². The van der Waals surface area contributed by atoms with Gasteiger partial charge in [-0.25, -0.2) is 0 Å². The minimum atomic E-state index is -0.497. The van der Waals surface area contributed by atoms with Crippen LogP contribution in [0.15, 0.2) is 48.5 Å². The minimum absolute atomic E-state index is 0.244. The lowest BCUT2D eigenvalue weighted by molar-refractivity contribution is -0.116. The highest BCUT2D eigenvalue weighted by molar-refractivity contribution is 5.93. The van der Waals surface area contributed by atoms with E-state index >= 15 is 0 Å². The van der Waals surface area contributed by atoms with Gasteiger partial charge in [0, 0.05) is 18.2 Å². The van der Waals surface area contributed by atoms with Crippen LogP contribution in [0.4, 0.5) is 0 Å². The van der Waals surface area contributed by atoms with E-state index in [2.05, 4.69) is 5.32 Å². The van der Waals surface area contributed by atoms with E-state index in [1.165, 1.54) is 6.08 Å². The summed E-state index contributed by atoms with van der Waals surface area (Å²) in [6, 6.07) is 12.3. The first-order chi connectivity index (χ1) is 13.0. The smallest absolute Gasteiger partial charge is 0.248 e. The molecule has 0 saturated carbocycles. The van der Waals surface area contributed by atoms with Gasteiger partial charge in [0.25, 0.3) is 0 Å². The maximum Gasteiger partial charge on any atom is 0.248 e. The molecule has 0 saturated heterocycles. The quantitative estimate of drug-likeness (QED) is 0.666. The van der Waals surface area contributed by atoms with Crippen LogP contribution in [0.2, 0.25) is 0 Å². The van der Waals surface area contributed by atoms with E-state index in [1.807, 2.05) is 38.1 Å². The molecular formula is C21H24N2O4. The molecular weight excluding hydrogens is 344 g/mol. The highest BCUT2D eigenvalue weighted by Crippen LogP contribution is 2.28. The number of hydrogen-bond acceptors (Lipinski definition) is 4. The largest absolute Gasteiger partial charge is 0.490 e. The highest BCUT2D eigenvalue weighted by Gasteiger charge is 2.06. The zero-order valence-electron chi connectivity index (χ0n) is 15.5. The fraction of sp³-hybridized carbons (Fsp3) is 0.238. The monoisotopic (exact) mass is 368 g/mol. The second-order valence-corrected chi connectivity index (χ2v) is 5.69. The second kappa shape index (κ2) is 10.0. The molecule has 6 nitrogen and oxygen atoms in total. The molecule has 0 fully saturated rings. The number of nitrogens with two attached hydrogens (primary N) is 1. The summed E-state index contributed by atoms with van der Waals surface area (Å²) in [5.41, 5.74) is 7.29. The number of primary amides is 1. The Balaban J connectivity index is 1.98. The zero-order chi connectivity index (χ0) is 19.6. The number of nitrogens with one attached hydrogen (secondary N) is 1.